The molecule has 0 fully saturated rings. The van der Waals surface area contributed by atoms with E-state index in [4.69, 9.17) is 16.7 Å². The molecule has 0 radical (unpaired) electrons. The van der Waals surface area contributed by atoms with Crippen molar-refractivity contribution in [1.82, 2.24) is 4.31 Å². The van der Waals surface area contributed by atoms with Crippen molar-refractivity contribution in [3.8, 4) is 0 Å². The van der Waals surface area contributed by atoms with Crippen LogP contribution in [0.15, 0.2) is 46.2 Å². The number of nitrogens with zero attached hydrogens (tertiary/aromatic N) is 1. The first-order valence-electron chi connectivity index (χ1n) is 6.52. The molecule has 1 heterocycles. The van der Waals surface area contributed by atoms with E-state index in [1.807, 2.05) is 0 Å². The summed E-state index contributed by atoms with van der Waals surface area (Å²) < 4.78 is 49.7. The molecule has 0 aliphatic heterocycles. The van der Waals surface area contributed by atoms with Crippen LogP contribution in [0, 0.1) is 0 Å². The van der Waals surface area contributed by atoms with Crippen LogP contribution in [-0.2, 0) is 26.6 Å². The molecule has 2 N–H and O–H groups in total. The van der Waals surface area contributed by atoms with Gasteiger partial charge in [0.05, 0.1) is 14.1 Å². The number of hydrogen-bond acceptors (Lipinski definition) is 5. The van der Waals surface area contributed by atoms with Crippen molar-refractivity contribution < 1.29 is 16.8 Å². The van der Waals surface area contributed by atoms with Crippen molar-refractivity contribution >= 4 is 43.0 Å². The van der Waals surface area contributed by atoms with Gasteiger partial charge in [0.25, 0.3) is 0 Å². The van der Waals surface area contributed by atoms with E-state index in [1.54, 1.807) is 19.1 Å². The predicted octanol–water partition coefficient (Wildman–Crippen LogP) is 2.26. The van der Waals surface area contributed by atoms with Crippen LogP contribution >= 0.6 is 22.9 Å². The van der Waals surface area contributed by atoms with Gasteiger partial charge in [0.15, 0.2) is 0 Å². The fraction of sp³-hybridized carbons (Fsp3) is 0.231. The van der Waals surface area contributed by atoms with Crippen LogP contribution in [0.3, 0.4) is 0 Å². The molecule has 1 aromatic heterocycles. The zero-order valence-corrected chi connectivity index (χ0v) is 15.3. The van der Waals surface area contributed by atoms with Crippen LogP contribution in [0.25, 0.3) is 0 Å². The Morgan fingerprint density at radius 1 is 1.04 bits per heavy atom. The summed E-state index contributed by atoms with van der Waals surface area (Å²) in [4.78, 5) is 0.695. The lowest BCUT2D eigenvalue weighted by Crippen LogP contribution is -2.30. The van der Waals surface area contributed by atoms with E-state index in [-0.39, 0.29) is 22.9 Å². The lowest BCUT2D eigenvalue weighted by Gasteiger charge is -2.20. The molecule has 0 saturated heterocycles. The number of hydrogen-bond donors (Lipinski definition) is 1. The van der Waals surface area contributed by atoms with Crippen LogP contribution in [-0.4, -0.2) is 27.7 Å². The van der Waals surface area contributed by atoms with Crippen LogP contribution in [0.4, 0.5) is 0 Å². The second kappa shape index (κ2) is 6.88. The Hall–Kier alpha value is -0.970. The second-order valence-electron chi connectivity index (χ2n) is 4.65. The van der Waals surface area contributed by atoms with E-state index in [1.165, 1.54) is 39.9 Å². The monoisotopic (exact) mass is 394 g/mol. The smallest absolute Gasteiger partial charge is 0.225 e. The molecule has 0 aliphatic carbocycles. The van der Waals surface area contributed by atoms with Crippen molar-refractivity contribution in [2.45, 2.75) is 23.3 Å². The molecule has 0 amide bonds. The van der Waals surface area contributed by atoms with Gasteiger partial charge in [-0.2, -0.15) is 4.31 Å². The van der Waals surface area contributed by atoms with Crippen LogP contribution < -0.4 is 5.14 Å². The molecule has 0 spiro atoms. The van der Waals surface area contributed by atoms with Gasteiger partial charge in [-0.3, -0.25) is 0 Å². The first-order valence-corrected chi connectivity index (χ1v) is 10.7. The lowest BCUT2D eigenvalue weighted by molar-refractivity contribution is 0.426. The molecule has 2 aromatic rings. The molecule has 0 bridgehead atoms. The van der Waals surface area contributed by atoms with Crippen molar-refractivity contribution in [2.75, 3.05) is 6.54 Å². The minimum Gasteiger partial charge on any atom is -0.225 e. The second-order valence-corrected chi connectivity index (χ2v) is 9.95. The van der Waals surface area contributed by atoms with E-state index in [0.717, 1.165) is 4.88 Å². The van der Waals surface area contributed by atoms with Gasteiger partial charge in [0.2, 0.25) is 20.0 Å². The number of sulfonamides is 2. The largest absolute Gasteiger partial charge is 0.243 e. The average Bonchev–Trinajstić information content (AvgIpc) is 2.89. The van der Waals surface area contributed by atoms with Crippen molar-refractivity contribution in [3.63, 3.8) is 0 Å². The van der Waals surface area contributed by atoms with Gasteiger partial charge in [-0.15, -0.1) is 11.3 Å². The molecule has 0 saturated carbocycles. The first kappa shape index (κ1) is 18.4. The first-order chi connectivity index (χ1) is 10.6. The van der Waals surface area contributed by atoms with Gasteiger partial charge in [-0.25, -0.2) is 22.0 Å². The molecule has 0 aliphatic rings. The van der Waals surface area contributed by atoms with Crippen LogP contribution in [0.5, 0.6) is 0 Å². The summed E-state index contributed by atoms with van der Waals surface area (Å²) in [6, 6.07) is 8.31. The van der Waals surface area contributed by atoms with E-state index in [9.17, 15) is 16.8 Å². The van der Waals surface area contributed by atoms with Crippen molar-refractivity contribution in [3.05, 3.63) is 45.6 Å². The topological polar surface area (TPSA) is 97.5 Å². The fourth-order valence-corrected chi connectivity index (χ4v) is 5.06. The van der Waals surface area contributed by atoms with Gasteiger partial charge in [0, 0.05) is 18.0 Å². The third kappa shape index (κ3) is 4.31. The Kier molecular flexibility index (Phi) is 5.49. The number of halogens is 1. The molecule has 6 nitrogen and oxygen atoms in total. The Labute approximate surface area is 144 Å². The third-order valence-corrected chi connectivity index (χ3v) is 7.18. The Balaban J connectivity index is 2.31. The van der Waals surface area contributed by atoms with E-state index >= 15 is 0 Å². The zero-order chi connectivity index (χ0) is 17.3. The SMILES string of the molecule is CCN(Cc1ccc(Cl)s1)S(=O)(=O)c1ccc(S(N)(=O)=O)cc1. The normalized spacial score (nSPS) is 12.7. The summed E-state index contributed by atoms with van der Waals surface area (Å²) in [7, 11) is -7.60. The summed E-state index contributed by atoms with van der Waals surface area (Å²) in [5.74, 6) is 0. The van der Waals surface area contributed by atoms with Crippen molar-refractivity contribution in [1.29, 1.82) is 0 Å². The van der Waals surface area contributed by atoms with Gasteiger partial charge >= 0.3 is 0 Å². The molecule has 126 valence electrons. The molecular weight excluding hydrogens is 380 g/mol. The summed E-state index contributed by atoms with van der Waals surface area (Å²) in [5.41, 5.74) is 0. The summed E-state index contributed by atoms with van der Waals surface area (Å²) >= 11 is 7.17. The number of nitrogens with two attached hydrogens (primary N) is 1. The Morgan fingerprint density at radius 3 is 2.04 bits per heavy atom. The maximum absolute atomic E-state index is 12.7. The fourth-order valence-electron chi connectivity index (χ4n) is 1.93. The van der Waals surface area contributed by atoms with E-state index in [2.05, 4.69) is 0 Å². The maximum atomic E-state index is 12.7. The molecule has 1 aromatic carbocycles. The van der Waals surface area contributed by atoms with Crippen LogP contribution in [0.2, 0.25) is 4.34 Å². The number of benzene rings is 1. The molecule has 0 unspecified atom stereocenters. The summed E-state index contributed by atoms with van der Waals surface area (Å²) in [6.07, 6.45) is 0. The molecule has 10 heteroatoms. The number of primary sulfonamides is 1. The quantitative estimate of drug-likeness (QED) is 0.812. The highest BCUT2D eigenvalue weighted by molar-refractivity contribution is 7.89. The molecule has 0 atom stereocenters. The van der Waals surface area contributed by atoms with Gasteiger partial charge in [-0.05, 0) is 36.4 Å². The summed E-state index contributed by atoms with van der Waals surface area (Å²) in [5, 5.41) is 5.01. The molecule has 23 heavy (non-hydrogen) atoms. The number of thiophene rings is 1. The van der Waals surface area contributed by atoms with E-state index < -0.39 is 20.0 Å². The average molecular weight is 395 g/mol. The minimum absolute atomic E-state index is 0.00871. The van der Waals surface area contributed by atoms with Gasteiger partial charge in [-0.1, -0.05) is 18.5 Å². The Bertz CT molecular complexity index is 890. The number of rotatable bonds is 6. The molecule has 2 rings (SSSR count). The third-order valence-electron chi connectivity index (χ3n) is 3.10. The standard InChI is InChI=1S/C13H15ClN2O4S3/c1-2-16(9-10-3-8-13(14)21-10)23(19,20)12-6-4-11(5-7-12)22(15,17)18/h3-8H,2,9H2,1H3,(H2,15,17,18). The molecular formula is C13H15ClN2O4S3. The predicted molar refractivity (Wildman–Crippen MR) is 90.4 cm³/mol. The Morgan fingerprint density at radius 2 is 1.61 bits per heavy atom. The highest BCUT2D eigenvalue weighted by Gasteiger charge is 2.24. The van der Waals surface area contributed by atoms with Crippen LogP contribution in [0.1, 0.15) is 11.8 Å². The van der Waals surface area contributed by atoms with Crippen molar-refractivity contribution in [2.24, 2.45) is 5.14 Å². The highest BCUT2D eigenvalue weighted by Crippen LogP contribution is 2.25. The van der Waals surface area contributed by atoms with E-state index in [0.29, 0.717) is 4.34 Å². The maximum Gasteiger partial charge on any atom is 0.243 e. The minimum atomic E-state index is -3.86. The highest BCUT2D eigenvalue weighted by atomic mass is 35.5. The zero-order valence-electron chi connectivity index (χ0n) is 12.1. The van der Waals surface area contributed by atoms with Gasteiger partial charge in [0.1, 0.15) is 0 Å². The van der Waals surface area contributed by atoms with Gasteiger partial charge < -0.3 is 0 Å². The lowest BCUT2D eigenvalue weighted by atomic mass is 10.4. The summed E-state index contributed by atoms with van der Waals surface area (Å²) in [6.45, 7) is 2.20.